The molecule has 1 aliphatic rings. The van der Waals surface area contributed by atoms with Crippen LogP contribution in [0.15, 0.2) is 42.7 Å². The molecule has 0 atom stereocenters. The van der Waals surface area contributed by atoms with Gasteiger partial charge in [-0.1, -0.05) is 12.1 Å². The number of hydrogen-bond donors (Lipinski definition) is 0. The Morgan fingerprint density at radius 1 is 1.25 bits per heavy atom. The van der Waals surface area contributed by atoms with Crippen LogP contribution in [0.4, 0.5) is 11.4 Å². The molecule has 1 aromatic carbocycles. The van der Waals surface area contributed by atoms with Gasteiger partial charge >= 0.3 is 0 Å². The molecule has 6 heteroatoms. The van der Waals surface area contributed by atoms with E-state index in [2.05, 4.69) is 4.98 Å². The third-order valence-electron chi connectivity index (χ3n) is 3.34. The second-order valence-electron chi connectivity index (χ2n) is 4.48. The molecule has 0 unspecified atom stereocenters. The van der Waals surface area contributed by atoms with E-state index in [1.54, 1.807) is 18.2 Å². The second-order valence-corrected chi connectivity index (χ2v) is 4.48. The molecule has 6 nitrogen and oxygen atoms in total. The van der Waals surface area contributed by atoms with Gasteiger partial charge in [0.25, 0.3) is 11.6 Å². The van der Waals surface area contributed by atoms with Crippen LogP contribution in [0, 0.1) is 10.1 Å². The van der Waals surface area contributed by atoms with Gasteiger partial charge < -0.3 is 4.90 Å². The lowest BCUT2D eigenvalue weighted by Crippen LogP contribution is -2.29. The van der Waals surface area contributed by atoms with Crippen molar-refractivity contribution < 1.29 is 9.72 Å². The van der Waals surface area contributed by atoms with Gasteiger partial charge in [0.1, 0.15) is 5.69 Å². The molecule has 0 saturated heterocycles. The summed E-state index contributed by atoms with van der Waals surface area (Å²) in [5.41, 5.74) is 1.70. The number of pyridine rings is 1. The highest BCUT2D eigenvalue weighted by atomic mass is 16.6. The van der Waals surface area contributed by atoms with Crippen LogP contribution in [-0.2, 0) is 6.42 Å². The van der Waals surface area contributed by atoms with Crippen molar-refractivity contribution in [3.8, 4) is 0 Å². The third kappa shape index (κ3) is 1.91. The largest absolute Gasteiger partial charge is 0.302 e. The number of amides is 1. The monoisotopic (exact) mass is 269 g/mol. The minimum absolute atomic E-state index is 0.0255. The third-order valence-corrected chi connectivity index (χ3v) is 3.34. The molecular weight excluding hydrogens is 258 g/mol. The van der Waals surface area contributed by atoms with E-state index < -0.39 is 4.92 Å². The first-order chi connectivity index (χ1) is 9.68. The number of nitro benzene ring substituents is 1. The Bertz CT molecular complexity index is 685. The average molecular weight is 269 g/mol. The summed E-state index contributed by atoms with van der Waals surface area (Å²) in [6.07, 6.45) is 3.70. The Labute approximate surface area is 114 Å². The Hall–Kier alpha value is -2.76. The van der Waals surface area contributed by atoms with Crippen molar-refractivity contribution in [3.63, 3.8) is 0 Å². The van der Waals surface area contributed by atoms with Gasteiger partial charge in [-0.15, -0.1) is 0 Å². The maximum Gasteiger partial charge on any atom is 0.293 e. The van der Waals surface area contributed by atoms with Gasteiger partial charge in [-0.05, 0) is 24.1 Å². The van der Waals surface area contributed by atoms with Crippen LogP contribution in [0.1, 0.15) is 15.9 Å². The van der Waals surface area contributed by atoms with Gasteiger partial charge in [-0.2, -0.15) is 0 Å². The molecule has 1 aromatic heterocycles. The van der Waals surface area contributed by atoms with E-state index in [1.165, 1.54) is 23.4 Å². The van der Waals surface area contributed by atoms with E-state index in [1.807, 2.05) is 6.07 Å². The average Bonchev–Trinajstić information content (AvgIpc) is 2.91. The van der Waals surface area contributed by atoms with Crippen LogP contribution in [0.25, 0.3) is 0 Å². The zero-order valence-corrected chi connectivity index (χ0v) is 10.5. The molecular formula is C14H11N3O3. The molecule has 0 N–H and O–H groups in total. The molecule has 0 fully saturated rings. The summed E-state index contributed by atoms with van der Waals surface area (Å²) in [5.74, 6) is -0.236. The van der Waals surface area contributed by atoms with E-state index >= 15 is 0 Å². The van der Waals surface area contributed by atoms with Gasteiger partial charge in [0.2, 0.25) is 0 Å². The van der Waals surface area contributed by atoms with E-state index in [0.717, 1.165) is 5.56 Å². The van der Waals surface area contributed by atoms with Crippen molar-refractivity contribution in [3.05, 3.63) is 64.0 Å². The summed E-state index contributed by atoms with van der Waals surface area (Å²) in [7, 11) is 0. The number of benzene rings is 1. The van der Waals surface area contributed by atoms with Gasteiger partial charge in [0.05, 0.1) is 4.92 Å². The maximum absolute atomic E-state index is 12.5. The lowest BCUT2D eigenvalue weighted by atomic mass is 10.1. The number of aromatic nitrogens is 1. The number of rotatable bonds is 2. The number of fused-ring (bicyclic) bond motifs is 1. The quantitative estimate of drug-likeness (QED) is 0.618. The van der Waals surface area contributed by atoms with Crippen molar-refractivity contribution in [1.29, 1.82) is 0 Å². The van der Waals surface area contributed by atoms with Crippen molar-refractivity contribution in [2.75, 3.05) is 11.4 Å². The normalized spacial score (nSPS) is 13.1. The number of carbonyl (C=O) groups is 1. The molecule has 3 rings (SSSR count). The van der Waals surface area contributed by atoms with Crippen LogP contribution in [0.3, 0.4) is 0 Å². The Morgan fingerprint density at radius 2 is 2.00 bits per heavy atom. The summed E-state index contributed by atoms with van der Waals surface area (Å²) in [5, 5.41) is 11.1. The fourth-order valence-electron chi connectivity index (χ4n) is 2.44. The molecule has 0 bridgehead atoms. The molecule has 2 heterocycles. The van der Waals surface area contributed by atoms with E-state index in [4.69, 9.17) is 0 Å². The zero-order chi connectivity index (χ0) is 14.1. The molecule has 0 spiro atoms. The van der Waals surface area contributed by atoms with E-state index in [-0.39, 0.29) is 11.6 Å². The molecule has 1 aliphatic heterocycles. The molecule has 1 amide bonds. The highest BCUT2D eigenvalue weighted by Crippen LogP contribution is 2.37. The molecule has 2 aromatic rings. The summed E-state index contributed by atoms with van der Waals surface area (Å²) in [4.78, 5) is 28.5. The topological polar surface area (TPSA) is 76.3 Å². The maximum atomic E-state index is 12.5. The number of nitrogens with zero attached hydrogens (tertiary/aromatic N) is 3. The fraction of sp³-hybridized carbons (Fsp3) is 0.143. The number of nitro groups is 1. The standard InChI is InChI=1S/C14H11N3O3/c18-14(11-4-7-15-8-5-11)16-9-6-10-2-1-3-12(13(10)16)17(19)20/h1-5,7-8H,6,9H2. The van der Waals surface area contributed by atoms with E-state index in [9.17, 15) is 14.9 Å². The minimum atomic E-state index is -0.447. The summed E-state index contributed by atoms with van der Waals surface area (Å²) in [6.45, 7) is 0.460. The van der Waals surface area contributed by atoms with Crippen molar-refractivity contribution in [1.82, 2.24) is 4.98 Å². The predicted octanol–water partition coefficient (Wildman–Crippen LogP) is 2.19. The zero-order valence-electron chi connectivity index (χ0n) is 10.5. The van der Waals surface area contributed by atoms with Crippen LogP contribution < -0.4 is 4.90 Å². The Balaban J connectivity index is 2.05. The molecule has 20 heavy (non-hydrogen) atoms. The van der Waals surface area contributed by atoms with E-state index in [0.29, 0.717) is 24.2 Å². The van der Waals surface area contributed by atoms with Crippen molar-refractivity contribution in [2.24, 2.45) is 0 Å². The smallest absolute Gasteiger partial charge is 0.293 e. The summed E-state index contributed by atoms with van der Waals surface area (Å²) >= 11 is 0. The Morgan fingerprint density at radius 3 is 2.70 bits per heavy atom. The number of carbonyl (C=O) groups excluding carboxylic acids is 1. The first kappa shape index (κ1) is 12.3. The first-order valence-corrected chi connectivity index (χ1v) is 6.16. The lowest BCUT2D eigenvalue weighted by molar-refractivity contribution is -0.384. The van der Waals surface area contributed by atoms with Crippen molar-refractivity contribution >= 4 is 17.3 Å². The number of para-hydroxylation sites is 1. The minimum Gasteiger partial charge on any atom is -0.302 e. The van der Waals surface area contributed by atoms with Gasteiger partial charge in [0, 0.05) is 30.6 Å². The van der Waals surface area contributed by atoms with Gasteiger partial charge in [0.15, 0.2) is 0 Å². The van der Waals surface area contributed by atoms with Crippen molar-refractivity contribution in [2.45, 2.75) is 6.42 Å². The van der Waals surface area contributed by atoms with Crippen LogP contribution >= 0.6 is 0 Å². The molecule has 0 saturated carbocycles. The van der Waals surface area contributed by atoms with Gasteiger partial charge in [-0.3, -0.25) is 19.9 Å². The molecule has 0 radical (unpaired) electrons. The Kier molecular flexibility index (Phi) is 2.90. The molecule has 100 valence electrons. The first-order valence-electron chi connectivity index (χ1n) is 6.16. The fourth-order valence-corrected chi connectivity index (χ4v) is 2.44. The lowest BCUT2D eigenvalue weighted by Gasteiger charge is -2.17. The summed E-state index contributed by atoms with van der Waals surface area (Å²) in [6, 6.07) is 8.11. The SMILES string of the molecule is O=C(c1ccncc1)N1CCc2cccc([N+](=O)[O-])c21. The summed E-state index contributed by atoms with van der Waals surface area (Å²) < 4.78 is 0. The predicted molar refractivity (Wildman–Crippen MR) is 72.7 cm³/mol. The van der Waals surface area contributed by atoms with Crippen LogP contribution in [-0.4, -0.2) is 22.4 Å². The number of anilines is 1. The second kappa shape index (κ2) is 4.73. The number of hydrogen-bond acceptors (Lipinski definition) is 4. The van der Waals surface area contributed by atoms with Gasteiger partial charge in [-0.25, -0.2) is 0 Å². The van der Waals surface area contributed by atoms with Crippen LogP contribution in [0.2, 0.25) is 0 Å². The highest BCUT2D eigenvalue weighted by molar-refractivity contribution is 6.08. The highest BCUT2D eigenvalue weighted by Gasteiger charge is 2.32. The molecule has 0 aliphatic carbocycles. The van der Waals surface area contributed by atoms with Crippen LogP contribution in [0.5, 0.6) is 0 Å².